The average Bonchev–Trinajstić information content (AvgIpc) is 3.25. The molecule has 3 unspecified atom stereocenters. The summed E-state index contributed by atoms with van der Waals surface area (Å²) < 4.78 is 10.8. The van der Waals surface area contributed by atoms with Gasteiger partial charge in [-0.2, -0.15) is 0 Å². The van der Waals surface area contributed by atoms with Crippen LogP contribution in [0.2, 0.25) is 0 Å². The number of nitrogens with one attached hydrogen (secondary N) is 2. The van der Waals surface area contributed by atoms with Crippen LogP contribution in [0, 0.1) is 5.41 Å². The monoisotopic (exact) mass is 334 g/mol. The van der Waals surface area contributed by atoms with Gasteiger partial charge in [0.05, 0.1) is 17.9 Å². The third kappa shape index (κ3) is 3.07. The molecule has 2 amide bonds. The highest BCUT2D eigenvalue weighted by atomic mass is 16.5. The van der Waals surface area contributed by atoms with Gasteiger partial charge in [0.15, 0.2) is 0 Å². The molecule has 1 aromatic heterocycles. The Morgan fingerprint density at radius 1 is 1.42 bits per heavy atom. The first kappa shape index (κ1) is 17.0. The Hall–Kier alpha value is -1.82. The number of amides is 2. The summed E-state index contributed by atoms with van der Waals surface area (Å²) >= 11 is 0. The van der Waals surface area contributed by atoms with E-state index in [0.29, 0.717) is 12.2 Å². The van der Waals surface area contributed by atoms with E-state index in [0.717, 1.165) is 19.3 Å². The van der Waals surface area contributed by atoms with Gasteiger partial charge in [-0.25, -0.2) is 0 Å². The third-order valence-corrected chi connectivity index (χ3v) is 5.53. The molecule has 24 heavy (non-hydrogen) atoms. The molecule has 0 radical (unpaired) electrons. The van der Waals surface area contributed by atoms with Gasteiger partial charge >= 0.3 is 0 Å². The van der Waals surface area contributed by atoms with Gasteiger partial charge in [-0.05, 0) is 39.2 Å². The Kier molecular flexibility index (Phi) is 4.94. The molecule has 2 fully saturated rings. The number of hydrogen-bond acceptors (Lipinski definition) is 4. The van der Waals surface area contributed by atoms with Crippen molar-refractivity contribution < 1.29 is 18.7 Å². The molecule has 1 heterocycles. The molecule has 2 aliphatic rings. The lowest BCUT2D eigenvalue weighted by Gasteiger charge is -2.54. The fourth-order valence-electron chi connectivity index (χ4n) is 4.12. The van der Waals surface area contributed by atoms with Crippen molar-refractivity contribution in [3.8, 4) is 0 Å². The number of ether oxygens (including phenoxy) is 1. The van der Waals surface area contributed by atoms with Crippen molar-refractivity contribution in [2.24, 2.45) is 5.41 Å². The average molecular weight is 334 g/mol. The van der Waals surface area contributed by atoms with Crippen molar-refractivity contribution in [3.63, 3.8) is 0 Å². The molecule has 6 nitrogen and oxygen atoms in total. The molecule has 0 bridgehead atoms. The van der Waals surface area contributed by atoms with Crippen LogP contribution in [0.15, 0.2) is 23.0 Å². The lowest BCUT2D eigenvalue weighted by Crippen LogP contribution is -2.65. The highest BCUT2D eigenvalue weighted by Crippen LogP contribution is 2.54. The standard InChI is InChI=1S/C18H26N2O4/c1-3-24-15-10-14(18(15)7-4-5-8-18)20-16(21)12(2)19-17(22)13-6-9-23-11-13/h6,9,11-12,14-15H,3-5,7-8,10H2,1-2H3,(H,19,22)(H,20,21). The number of carbonyl (C=O) groups is 2. The van der Waals surface area contributed by atoms with Crippen molar-refractivity contribution in [3.05, 3.63) is 24.2 Å². The Morgan fingerprint density at radius 2 is 2.17 bits per heavy atom. The number of furan rings is 1. The van der Waals surface area contributed by atoms with Crippen molar-refractivity contribution >= 4 is 11.8 Å². The van der Waals surface area contributed by atoms with Crippen LogP contribution >= 0.6 is 0 Å². The summed E-state index contributed by atoms with van der Waals surface area (Å²) in [5, 5.41) is 5.84. The summed E-state index contributed by atoms with van der Waals surface area (Å²) in [5.74, 6) is -0.444. The number of carbonyl (C=O) groups excluding carboxylic acids is 2. The Balaban J connectivity index is 1.55. The Bertz CT molecular complexity index is 578. The quantitative estimate of drug-likeness (QED) is 0.836. The van der Waals surface area contributed by atoms with E-state index in [1.807, 2.05) is 6.92 Å². The van der Waals surface area contributed by atoms with E-state index in [-0.39, 0.29) is 29.4 Å². The summed E-state index contributed by atoms with van der Waals surface area (Å²) in [7, 11) is 0. The van der Waals surface area contributed by atoms with Crippen LogP contribution in [0.3, 0.4) is 0 Å². The second kappa shape index (κ2) is 6.97. The van der Waals surface area contributed by atoms with Crippen LogP contribution in [0.5, 0.6) is 0 Å². The summed E-state index contributed by atoms with van der Waals surface area (Å²) in [6, 6.07) is 1.14. The predicted octanol–water partition coefficient (Wildman–Crippen LogP) is 2.25. The lowest BCUT2D eigenvalue weighted by atomic mass is 9.60. The zero-order valence-electron chi connectivity index (χ0n) is 14.3. The van der Waals surface area contributed by atoms with Crippen molar-refractivity contribution in [1.29, 1.82) is 0 Å². The number of rotatable bonds is 6. The van der Waals surface area contributed by atoms with Gasteiger partial charge in [-0.15, -0.1) is 0 Å². The van der Waals surface area contributed by atoms with Crippen LogP contribution < -0.4 is 10.6 Å². The van der Waals surface area contributed by atoms with Crippen LogP contribution in [0.4, 0.5) is 0 Å². The van der Waals surface area contributed by atoms with Gasteiger partial charge in [-0.1, -0.05) is 12.8 Å². The molecule has 0 aromatic carbocycles. The first-order valence-electron chi connectivity index (χ1n) is 8.82. The molecular weight excluding hydrogens is 308 g/mol. The van der Waals surface area contributed by atoms with Crippen molar-refractivity contribution in [1.82, 2.24) is 10.6 Å². The molecule has 3 rings (SSSR count). The molecule has 132 valence electrons. The van der Waals surface area contributed by atoms with E-state index in [4.69, 9.17) is 9.15 Å². The van der Waals surface area contributed by atoms with E-state index < -0.39 is 6.04 Å². The smallest absolute Gasteiger partial charge is 0.255 e. The van der Waals surface area contributed by atoms with E-state index in [9.17, 15) is 9.59 Å². The molecule has 0 aliphatic heterocycles. The summed E-state index contributed by atoms with van der Waals surface area (Å²) in [4.78, 5) is 24.5. The fourth-order valence-corrected chi connectivity index (χ4v) is 4.12. The van der Waals surface area contributed by atoms with Crippen LogP contribution in [0.25, 0.3) is 0 Å². The van der Waals surface area contributed by atoms with Gasteiger partial charge < -0.3 is 19.8 Å². The first-order valence-corrected chi connectivity index (χ1v) is 8.82. The fraction of sp³-hybridized carbons (Fsp3) is 0.667. The molecule has 1 aromatic rings. The minimum Gasteiger partial charge on any atom is -0.472 e. The van der Waals surface area contributed by atoms with Crippen LogP contribution in [0.1, 0.15) is 56.3 Å². The summed E-state index contributed by atoms with van der Waals surface area (Å²) in [6.07, 6.45) is 8.54. The molecule has 3 atom stereocenters. The van der Waals surface area contributed by atoms with E-state index in [1.165, 1.54) is 25.4 Å². The SMILES string of the molecule is CCOC1CC(NC(=O)C(C)NC(=O)c2ccoc2)C12CCCC2. The highest BCUT2D eigenvalue weighted by Gasteiger charge is 2.57. The Morgan fingerprint density at radius 3 is 2.79 bits per heavy atom. The maximum absolute atomic E-state index is 12.5. The zero-order chi connectivity index (χ0) is 17.2. The van der Waals surface area contributed by atoms with Crippen LogP contribution in [-0.4, -0.2) is 36.6 Å². The normalized spacial score (nSPS) is 25.9. The summed E-state index contributed by atoms with van der Waals surface area (Å²) in [6.45, 7) is 4.43. The first-order chi connectivity index (χ1) is 11.6. The minimum absolute atomic E-state index is 0.0972. The van der Waals surface area contributed by atoms with Crippen molar-refractivity contribution in [2.45, 2.75) is 64.1 Å². The van der Waals surface area contributed by atoms with Gasteiger partial charge in [0.25, 0.3) is 5.91 Å². The predicted molar refractivity (Wildman–Crippen MR) is 88.5 cm³/mol. The maximum atomic E-state index is 12.5. The van der Waals surface area contributed by atoms with E-state index >= 15 is 0 Å². The topological polar surface area (TPSA) is 80.6 Å². The minimum atomic E-state index is -0.586. The third-order valence-electron chi connectivity index (χ3n) is 5.53. The van der Waals surface area contributed by atoms with Gasteiger partial charge in [0.1, 0.15) is 12.3 Å². The molecule has 6 heteroatoms. The lowest BCUT2D eigenvalue weighted by molar-refractivity contribution is -0.145. The molecule has 1 spiro atoms. The van der Waals surface area contributed by atoms with E-state index in [1.54, 1.807) is 13.0 Å². The Labute approximate surface area is 142 Å². The molecule has 2 saturated carbocycles. The number of hydrogen-bond donors (Lipinski definition) is 2. The molecule has 2 N–H and O–H groups in total. The molecule has 0 saturated heterocycles. The zero-order valence-corrected chi connectivity index (χ0v) is 14.3. The van der Waals surface area contributed by atoms with Gasteiger partial charge in [0, 0.05) is 18.1 Å². The molecule has 2 aliphatic carbocycles. The summed E-state index contributed by atoms with van der Waals surface area (Å²) in [5.41, 5.74) is 0.516. The van der Waals surface area contributed by atoms with Crippen molar-refractivity contribution in [2.75, 3.05) is 6.61 Å². The van der Waals surface area contributed by atoms with Gasteiger partial charge in [0.2, 0.25) is 5.91 Å². The highest BCUT2D eigenvalue weighted by molar-refractivity contribution is 5.97. The largest absolute Gasteiger partial charge is 0.472 e. The van der Waals surface area contributed by atoms with Gasteiger partial charge in [-0.3, -0.25) is 9.59 Å². The maximum Gasteiger partial charge on any atom is 0.255 e. The van der Waals surface area contributed by atoms with E-state index in [2.05, 4.69) is 10.6 Å². The van der Waals surface area contributed by atoms with Crippen LogP contribution in [-0.2, 0) is 9.53 Å². The second-order valence-corrected chi connectivity index (χ2v) is 6.89. The second-order valence-electron chi connectivity index (χ2n) is 6.89. The molecular formula is C18H26N2O4.